The van der Waals surface area contributed by atoms with Crippen LogP contribution in [-0.4, -0.2) is 31.9 Å². The summed E-state index contributed by atoms with van der Waals surface area (Å²) in [5.41, 5.74) is -2.48. The van der Waals surface area contributed by atoms with Crippen molar-refractivity contribution in [2.24, 2.45) is 5.92 Å². The molecule has 0 unspecified atom stereocenters. The van der Waals surface area contributed by atoms with Crippen molar-refractivity contribution in [1.29, 1.82) is 5.26 Å². The average molecular weight is 370 g/mol. The van der Waals surface area contributed by atoms with Gasteiger partial charge in [0.1, 0.15) is 5.25 Å². The molecule has 0 aromatic heterocycles. The van der Waals surface area contributed by atoms with Crippen molar-refractivity contribution < 1.29 is 26.3 Å². The Morgan fingerprint density at radius 3 is 2.72 bits per heavy atom. The number of nitriles is 1. The van der Waals surface area contributed by atoms with Crippen LogP contribution >= 0.6 is 0 Å². The van der Waals surface area contributed by atoms with Gasteiger partial charge in [-0.15, -0.1) is 0 Å². The van der Waals surface area contributed by atoms with Crippen molar-refractivity contribution >= 4 is 15.7 Å². The van der Waals surface area contributed by atoms with Crippen LogP contribution in [0.5, 0.6) is 0 Å². The lowest BCUT2D eigenvalue weighted by atomic mass is 9.84. The van der Waals surface area contributed by atoms with E-state index < -0.39 is 44.3 Å². The number of benzene rings is 1. The number of anilines is 1. The largest absolute Gasteiger partial charge is 0.417 e. The molecule has 2 fully saturated rings. The highest BCUT2D eigenvalue weighted by Gasteiger charge is 2.64. The van der Waals surface area contributed by atoms with Crippen LogP contribution in [-0.2, 0) is 20.9 Å². The van der Waals surface area contributed by atoms with Gasteiger partial charge in [-0.2, -0.15) is 18.4 Å². The van der Waals surface area contributed by atoms with Gasteiger partial charge in [0, 0.05) is 12.5 Å². The Balaban J connectivity index is 1.79. The smallest absolute Gasteiger partial charge is 0.362 e. The van der Waals surface area contributed by atoms with E-state index in [9.17, 15) is 21.6 Å². The predicted octanol–water partition coefficient (Wildman–Crippen LogP) is 2.44. The van der Waals surface area contributed by atoms with Crippen molar-refractivity contribution in [3.63, 3.8) is 0 Å². The summed E-state index contributed by atoms with van der Waals surface area (Å²) in [7, 11) is -3.86. The van der Waals surface area contributed by atoms with Crippen molar-refractivity contribution in [2.45, 2.75) is 30.1 Å². The minimum absolute atomic E-state index is 0.0491. The highest BCUT2D eigenvalue weighted by Crippen LogP contribution is 2.51. The third-order valence-corrected chi connectivity index (χ3v) is 7.45. The lowest BCUT2D eigenvalue weighted by molar-refractivity contribution is -0.137. The Morgan fingerprint density at radius 1 is 1.40 bits per heavy atom. The van der Waals surface area contributed by atoms with Gasteiger partial charge in [-0.3, -0.25) is 4.31 Å². The van der Waals surface area contributed by atoms with E-state index in [0.717, 1.165) is 16.4 Å². The summed E-state index contributed by atoms with van der Waals surface area (Å²) in [6.45, 7) is 1.83. The van der Waals surface area contributed by atoms with Gasteiger partial charge >= 0.3 is 6.18 Å². The molecule has 5 nitrogen and oxygen atoms in total. The summed E-state index contributed by atoms with van der Waals surface area (Å²) in [5.74, 6) is -0.350. The number of rotatable bonds is 1. The van der Waals surface area contributed by atoms with Crippen LogP contribution in [0.3, 0.4) is 0 Å². The molecule has 0 N–H and O–H groups in total. The maximum absolute atomic E-state index is 13.2. The Kier molecular flexibility index (Phi) is 3.13. The Morgan fingerprint density at radius 2 is 2.12 bits per heavy atom. The van der Waals surface area contributed by atoms with Crippen LogP contribution in [0.2, 0.25) is 0 Å². The van der Waals surface area contributed by atoms with Gasteiger partial charge in [-0.05, 0) is 25.1 Å². The van der Waals surface area contributed by atoms with Crippen molar-refractivity contribution in [3.8, 4) is 6.07 Å². The van der Waals surface area contributed by atoms with Crippen LogP contribution in [0.25, 0.3) is 0 Å². The van der Waals surface area contributed by atoms with E-state index in [1.54, 1.807) is 13.0 Å². The molecule has 3 heterocycles. The van der Waals surface area contributed by atoms with Gasteiger partial charge in [0.25, 0.3) is 0 Å². The zero-order valence-corrected chi connectivity index (χ0v) is 13.8. The van der Waals surface area contributed by atoms with E-state index >= 15 is 0 Å². The minimum Gasteiger partial charge on any atom is -0.362 e. The zero-order valence-electron chi connectivity index (χ0n) is 13.0. The first-order valence-corrected chi connectivity index (χ1v) is 9.08. The first-order valence-electron chi connectivity index (χ1n) is 7.58. The van der Waals surface area contributed by atoms with Gasteiger partial charge in [0.2, 0.25) is 10.0 Å². The van der Waals surface area contributed by atoms with Gasteiger partial charge in [-0.1, -0.05) is 12.2 Å². The molecule has 4 rings (SSSR count). The van der Waals surface area contributed by atoms with Crippen LogP contribution < -0.4 is 4.31 Å². The first-order chi connectivity index (χ1) is 11.6. The Bertz CT molecular complexity index is 935. The fraction of sp³-hybridized carbons (Fsp3) is 0.438. The molecule has 1 aromatic rings. The summed E-state index contributed by atoms with van der Waals surface area (Å²) in [5, 5.41) is 8.08. The molecule has 132 valence electrons. The Hall–Kier alpha value is -2.05. The van der Waals surface area contributed by atoms with Crippen molar-refractivity contribution in [3.05, 3.63) is 41.5 Å². The molecule has 0 aliphatic carbocycles. The van der Waals surface area contributed by atoms with Gasteiger partial charge < -0.3 is 4.74 Å². The molecule has 9 heteroatoms. The third-order valence-electron chi connectivity index (χ3n) is 5.19. The highest BCUT2D eigenvalue weighted by atomic mass is 32.2. The summed E-state index contributed by atoms with van der Waals surface area (Å²) in [6, 6.07) is 4.47. The number of alkyl halides is 3. The number of nitrogens with zero attached hydrogens (tertiary/aromatic N) is 2. The standard InChI is InChI=1S/C16H13F3N2O3S/c1-15-5-4-13(24-15)14-12(15)8-21(25(14,22)23)10-3-2-9(7-20)11(6-10)16(17,18)19/h2-6,12-14H,8H2,1H3/t12-,13+,14+,15+/m0/s1. The molecule has 0 radical (unpaired) electrons. The molecule has 0 spiro atoms. The molecular weight excluding hydrogens is 357 g/mol. The van der Waals surface area contributed by atoms with Crippen molar-refractivity contribution in [2.75, 3.05) is 10.8 Å². The number of halogens is 3. The zero-order chi connectivity index (χ0) is 18.2. The number of ether oxygens (including phenoxy) is 1. The maximum atomic E-state index is 13.2. The average Bonchev–Trinajstić information content (AvgIpc) is 3.13. The van der Waals surface area contributed by atoms with E-state index in [-0.39, 0.29) is 18.2 Å². The maximum Gasteiger partial charge on any atom is 0.417 e. The molecule has 1 aromatic carbocycles. The minimum atomic E-state index is -4.74. The van der Waals surface area contributed by atoms with Gasteiger partial charge in [0.05, 0.1) is 34.6 Å². The Labute approximate surface area is 142 Å². The van der Waals surface area contributed by atoms with Crippen LogP contribution in [0, 0.1) is 17.2 Å². The molecular formula is C16H13F3N2O3S. The lowest BCUT2D eigenvalue weighted by Crippen LogP contribution is -2.35. The van der Waals surface area contributed by atoms with Crippen LogP contribution in [0.4, 0.5) is 18.9 Å². The summed E-state index contributed by atoms with van der Waals surface area (Å²) < 4.78 is 72.0. The second-order valence-corrected chi connectivity index (χ2v) is 8.63. The van der Waals surface area contributed by atoms with Gasteiger partial charge in [-0.25, -0.2) is 8.42 Å². The topological polar surface area (TPSA) is 70.4 Å². The van der Waals surface area contributed by atoms with E-state index in [1.807, 2.05) is 6.08 Å². The monoisotopic (exact) mass is 370 g/mol. The van der Waals surface area contributed by atoms with Crippen molar-refractivity contribution in [1.82, 2.24) is 0 Å². The third kappa shape index (κ3) is 2.14. The number of sulfonamides is 1. The molecule has 3 aliphatic rings. The number of hydrogen-bond acceptors (Lipinski definition) is 4. The normalized spacial score (nSPS) is 35.0. The van der Waals surface area contributed by atoms with Crippen LogP contribution in [0.1, 0.15) is 18.1 Å². The van der Waals surface area contributed by atoms with E-state index in [2.05, 4.69) is 0 Å². The summed E-state index contributed by atoms with van der Waals surface area (Å²) in [6.07, 6.45) is -1.80. The number of hydrogen-bond donors (Lipinski definition) is 0. The highest BCUT2D eigenvalue weighted by molar-refractivity contribution is 7.93. The van der Waals surface area contributed by atoms with Gasteiger partial charge in [0.15, 0.2) is 0 Å². The molecule has 25 heavy (non-hydrogen) atoms. The van der Waals surface area contributed by atoms with Crippen LogP contribution in [0.15, 0.2) is 30.4 Å². The first kappa shape index (κ1) is 16.4. The second kappa shape index (κ2) is 4.77. The van der Waals surface area contributed by atoms with E-state index in [4.69, 9.17) is 10.00 Å². The summed E-state index contributed by atoms with van der Waals surface area (Å²) >= 11 is 0. The van der Waals surface area contributed by atoms with E-state index in [0.29, 0.717) is 0 Å². The molecule has 3 aliphatic heterocycles. The quantitative estimate of drug-likeness (QED) is 0.712. The molecule has 0 saturated carbocycles. The molecule has 2 bridgehead atoms. The summed E-state index contributed by atoms with van der Waals surface area (Å²) in [4.78, 5) is 0. The predicted molar refractivity (Wildman–Crippen MR) is 82.1 cm³/mol. The fourth-order valence-corrected chi connectivity index (χ4v) is 6.29. The number of fused-ring (bicyclic) bond motifs is 5. The van der Waals surface area contributed by atoms with E-state index in [1.165, 1.54) is 12.1 Å². The molecule has 0 amide bonds. The molecule has 4 atom stereocenters. The SMILES string of the molecule is C[C@]12C=C[C@@H](O1)[C@H]1[C@@H]2CN(c2ccc(C#N)c(C(F)(F)F)c2)S1(=O)=O. The lowest BCUT2D eigenvalue weighted by Gasteiger charge is -2.25. The molecule has 2 saturated heterocycles. The fourth-order valence-electron chi connectivity index (χ4n) is 3.96. The second-order valence-electron chi connectivity index (χ2n) is 6.61.